The number of aryl methyl sites for hydroxylation is 2. The Morgan fingerprint density at radius 3 is 2.85 bits per heavy atom. The van der Waals surface area contributed by atoms with E-state index in [1.807, 2.05) is 19.1 Å². The molecule has 0 unspecified atom stereocenters. The zero-order chi connectivity index (χ0) is 22.5. The summed E-state index contributed by atoms with van der Waals surface area (Å²) in [5.74, 6) is 0.512. The topological polar surface area (TPSA) is 59.5 Å². The van der Waals surface area contributed by atoms with E-state index in [0.29, 0.717) is 5.92 Å². The molecule has 4 heterocycles. The quantitative estimate of drug-likeness (QED) is 0.560. The van der Waals surface area contributed by atoms with Gasteiger partial charge in [-0.15, -0.1) is 0 Å². The summed E-state index contributed by atoms with van der Waals surface area (Å²) in [7, 11) is 0. The Morgan fingerprint density at radius 1 is 1.21 bits per heavy atom. The predicted octanol–water partition coefficient (Wildman–Crippen LogP) is 5.29. The summed E-state index contributed by atoms with van der Waals surface area (Å²) in [5.41, 5.74) is 5.21. The van der Waals surface area contributed by atoms with Gasteiger partial charge in [0.1, 0.15) is 0 Å². The van der Waals surface area contributed by atoms with Crippen LogP contribution in [0.15, 0.2) is 60.9 Å². The van der Waals surface area contributed by atoms with Crippen LogP contribution < -0.4 is 5.32 Å². The zero-order valence-electron chi connectivity index (χ0n) is 19.2. The molecule has 1 saturated heterocycles. The highest BCUT2D eigenvalue weighted by Crippen LogP contribution is 2.56. The number of carbonyl (C=O) groups excluding carboxylic acids is 1. The van der Waals surface area contributed by atoms with E-state index in [-0.39, 0.29) is 16.9 Å². The van der Waals surface area contributed by atoms with Gasteiger partial charge in [0.05, 0.1) is 29.2 Å². The lowest BCUT2D eigenvalue weighted by Gasteiger charge is -2.46. The minimum Gasteiger partial charge on any atom is -0.370 e. The van der Waals surface area contributed by atoms with E-state index in [9.17, 15) is 4.79 Å². The SMILES string of the molecule is Cc1ncccc1NC(=O)c1cc2n(c1)CCC[C@H]1C[C@@]3(CC[C@@]21Cc1ccccc1)CO3. The van der Waals surface area contributed by atoms with Gasteiger partial charge >= 0.3 is 0 Å². The summed E-state index contributed by atoms with van der Waals surface area (Å²) in [6.45, 7) is 3.81. The van der Waals surface area contributed by atoms with Crippen LogP contribution in [0.3, 0.4) is 0 Å². The number of rotatable bonds is 4. The predicted molar refractivity (Wildman–Crippen MR) is 128 cm³/mol. The molecular formula is C28H31N3O2. The van der Waals surface area contributed by atoms with Gasteiger partial charge in [0.25, 0.3) is 5.91 Å². The lowest BCUT2D eigenvalue weighted by atomic mass is 9.58. The summed E-state index contributed by atoms with van der Waals surface area (Å²) in [5, 5.41) is 3.07. The maximum Gasteiger partial charge on any atom is 0.257 e. The van der Waals surface area contributed by atoms with Crippen molar-refractivity contribution in [1.82, 2.24) is 9.55 Å². The Hall–Kier alpha value is -2.92. The average molecular weight is 442 g/mol. The maximum absolute atomic E-state index is 13.2. The molecule has 2 aliphatic heterocycles. The van der Waals surface area contributed by atoms with Crippen LogP contribution in [0.2, 0.25) is 0 Å². The molecule has 170 valence electrons. The Morgan fingerprint density at radius 2 is 2.06 bits per heavy atom. The molecule has 5 heteroatoms. The molecular weight excluding hydrogens is 410 g/mol. The zero-order valence-corrected chi connectivity index (χ0v) is 19.2. The van der Waals surface area contributed by atoms with E-state index >= 15 is 0 Å². The van der Waals surface area contributed by atoms with Crippen LogP contribution >= 0.6 is 0 Å². The molecule has 1 amide bonds. The number of hydrogen-bond acceptors (Lipinski definition) is 3. The summed E-state index contributed by atoms with van der Waals surface area (Å²) < 4.78 is 8.33. The first-order valence-electron chi connectivity index (χ1n) is 12.2. The van der Waals surface area contributed by atoms with Crippen LogP contribution in [-0.2, 0) is 23.1 Å². The first-order valence-corrected chi connectivity index (χ1v) is 12.2. The van der Waals surface area contributed by atoms with Crippen LogP contribution in [0, 0.1) is 12.8 Å². The fourth-order valence-corrected chi connectivity index (χ4v) is 6.33. The molecule has 1 saturated carbocycles. The molecule has 0 radical (unpaired) electrons. The molecule has 3 aliphatic rings. The van der Waals surface area contributed by atoms with Crippen molar-refractivity contribution in [2.75, 3.05) is 11.9 Å². The number of nitrogens with zero attached hydrogens (tertiary/aromatic N) is 2. The van der Waals surface area contributed by atoms with E-state index in [2.05, 4.69) is 57.5 Å². The normalized spacial score (nSPS) is 28.0. The standard InChI is InChI=1S/C28H31N3O2/c1-20-24(10-5-13-29-20)30-26(32)22-15-25-28(16-21-7-3-2-4-8-21)12-11-27(19-33-27)17-23(28)9-6-14-31(25)18-22/h2-5,7-8,10,13,15,18,23H,6,9,11-12,14,16-17,19H2,1H3,(H,30,32)/t23-,27-,28-/m0/s1. The van der Waals surface area contributed by atoms with Crippen LogP contribution in [0.4, 0.5) is 5.69 Å². The smallest absolute Gasteiger partial charge is 0.257 e. The highest BCUT2D eigenvalue weighted by atomic mass is 16.6. The summed E-state index contributed by atoms with van der Waals surface area (Å²) >= 11 is 0. The van der Waals surface area contributed by atoms with Crippen molar-refractivity contribution in [3.8, 4) is 0 Å². The number of hydrogen-bond donors (Lipinski definition) is 1. The van der Waals surface area contributed by atoms with Gasteiger partial charge in [-0.3, -0.25) is 9.78 Å². The molecule has 2 fully saturated rings. The van der Waals surface area contributed by atoms with Crippen molar-refractivity contribution < 1.29 is 9.53 Å². The first kappa shape index (κ1) is 20.7. The van der Waals surface area contributed by atoms with Crippen molar-refractivity contribution in [1.29, 1.82) is 0 Å². The second-order valence-corrected chi connectivity index (χ2v) is 10.2. The van der Waals surface area contributed by atoms with Gasteiger partial charge in [-0.1, -0.05) is 30.3 Å². The largest absolute Gasteiger partial charge is 0.370 e. The Labute approximate surface area is 195 Å². The van der Waals surface area contributed by atoms with Gasteiger partial charge in [0, 0.05) is 30.0 Å². The number of aromatic nitrogens is 2. The number of carbonyl (C=O) groups is 1. The number of amides is 1. The molecule has 6 rings (SSSR count). The third-order valence-electron chi connectivity index (χ3n) is 8.22. The minimum absolute atomic E-state index is 0.0395. The van der Waals surface area contributed by atoms with Gasteiger partial charge in [-0.05, 0) is 75.1 Å². The van der Waals surface area contributed by atoms with E-state index in [1.54, 1.807) is 6.20 Å². The van der Waals surface area contributed by atoms with E-state index < -0.39 is 0 Å². The molecule has 0 bridgehead atoms. The maximum atomic E-state index is 13.2. The van der Waals surface area contributed by atoms with Crippen molar-refractivity contribution in [2.24, 2.45) is 5.92 Å². The number of ether oxygens (including phenoxy) is 1. The van der Waals surface area contributed by atoms with E-state index in [0.717, 1.165) is 62.2 Å². The number of benzene rings is 1. The molecule has 33 heavy (non-hydrogen) atoms. The Kier molecular flexibility index (Phi) is 4.91. The van der Waals surface area contributed by atoms with Gasteiger partial charge in [0.15, 0.2) is 0 Å². The van der Waals surface area contributed by atoms with E-state index in [4.69, 9.17) is 4.74 Å². The van der Waals surface area contributed by atoms with Gasteiger partial charge < -0.3 is 14.6 Å². The first-order chi connectivity index (χ1) is 16.1. The summed E-state index contributed by atoms with van der Waals surface area (Å²) in [6, 6.07) is 16.8. The van der Waals surface area contributed by atoms with Gasteiger partial charge in [0.2, 0.25) is 0 Å². The van der Waals surface area contributed by atoms with Gasteiger partial charge in [-0.2, -0.15) is 0 Å². The molecule has 1 spiro atoms. The molecule has 3 aromatic rings. The fourth-order valence-electron chi connectivity index (χ4n) is 6.33. The monoisotopic (exact) mass is 441 g/mol. The van der Waals surface area contributed by atoms with Gasteiger partial charge in [-0.25, -0.2) is 0 Å². The number of nitrogens with one attached hydrogen (secondary N) is 1. The second-order valence-electron chi connectivity index (χ2n) is 10.2. The van der Waals surface area contributed by atoms with Crippen molar-refractivity contribution in [3.05, 3.63) is 83.4 Å². The molecule has 5 nitrogen and oxygen atoms in total. The Balaban J connectivity index is 1.38. The second kappa shape index (κ2) is 7.84. The van der Waals surface area contributed by atoms with Crippen molar-refractivity contribution in [2.45, 2.75) is 63.0 Å². The molecule has 1 aromatic carbocycles. The van der Waals surface area contributed by atoms with Crippen LogP contribution in [0.5, 0.6) is 0 Å². The van der Waals surface area contributed by atoms with E-state index in [1.165, 1.54) is 17.7 Å². The van der Waals surface area contributed by atoms with Crippen molar-refractivity contribution >= 4 is 11.6 Å². The number of epoxide rings is 1. The molecule has 3 atom stereocenters. The average Bonchev–Trinajstić information content (AvgIpc) is 3.47. The number of pyridine rings is 1. The summed E-state index contributed by atoms with van der Waals surface area (Å²) in [6.07, 6.45) is 10.6. The fraction of sp³-hybridized carbons (Fsp3) is 0.429. The minimum atomic E-state index is -0.0594. The molecule has 1 N–H and O–H groups in total. The van der Waals surface area contributed by atoms with Crippen molar-refractivity contribution in [3.63, 3.8) is 0 Å². The highest BCUT2D eigenvalue weighted by Gasteiger charge is 2.57. The number of fused-ring (bicyclic) bond motifs is 3. The third kappa shape index (κ3) is 3.68. The number of anilines is 1. The highest BCUT2D eigenvalue weighted by molar-refractivity contribution is 6.04. The molecule has 2 aromatic heterocycles. The third-order valence-corrected chi connectivity index (χ3v) is 8.22. The van der Waals surface area contributed by atoms with Crippen LogP contribution in [0.1, 0.15) is 59.4 Å². The molecule has 1 aliphatic carbocycles. The lowest BCUT2D eigenvalue weighted by Crippen LogP contribution is -2.45. The Bertz CT molecular complexity index is 1180. The van der Waals surface area contributed by atoms with Crippen LogP contribution in [-0.4, -0.2) is 27.7 Å². The summed E-state index contributed by atoms with van der Waals surface area (Å²) in [4.78, 5) is 17.5. The lowest BCUT2D eigenvalue weighted by molar-refractivity contribution is 0.0978. The van der Waals surface area contributed by atoms with Crippen LogP contribution in [0.25, 0.3) is 0 Å².